The quantitative estimate of drug-likeness (QED) is 0.393. The number of thiol groups is 1. The zero-order valence-electron chi connectivity index (χ0n) is 15.6. The van der Waals surface area contributed by atoms with E-state index >= 15 is 0 Å². The number of amides is 1. The highest BCUT2D eigenvalue weighted by Crippen LogP contribution is 2.19. The molecule has 0 aliphatic heterocycles. The highest BCUT2D eigenvalue weighted by molar-refractivity contribution is 7.96. The molecule has 140 valence electrons. The molecule has 0 aliphatic carbocycles. The maximum atomic E-state index is 11.8. The molecular weight excluding hydrogens is 330 g/mol. The highest BCUT2D eigenvalue weighted by atomic mass is 32.1. The molecule has 0 spiro atoms. The van der Waals surface area contributed by atoms with Gasteiger partial charge < -0.3 is 14.8 Å². The lowest BCUT2D eigenvalue weighted by Gasteiger charge is -2.21. The highest BCUT2D eigenvalue weighted by Gasteiger charge is 2.23. The molecule has 0 unspecified atom stereocenters. The molecule has 0 saturated heterocycles. The normalized spacial score (nSPS) is 13.1. The van der Waals surface area contributed by atoms with Gasteiger partial charge in [-0.15, -0.1) is 12.6 Å². The summed E-state index contributed by atoms with van der Waals surface area (Å²) < 4.78 is 10.4. The summed E-state index contributed by atoms with van der Waals surface area (Å²) in [6, 6.07) is 0. The van der Waals surface area contributed by atoms with E-state index in [0.29, 0.717) is 25.8 Å². The first-order valence-corrected chi connectivity index (χ1v) is 8.66. The Morgan fingerprint density at radius 3 is 1.96 bits per heavy atom. The third-order valence-electron chi connectivity index (χ3n) is 2.83. The van der Waals surface area contributed by atoms with Crippen LogP contribution in [-0.2, 0) is 19.1 Å². The second-order valence-corrected chi connectivity index (χ2v) is 8.19. The van der Waals surface area contributed by atoms with Crippen LogP contribution in [0, 0.1) is 5.92 Å². The molecule has 1 amide bonds. The van der Waals surface area contributed by atoms with Crippen LogP contribution in [0.4, 0.5) is 4.79 Å². The fourth-order valence-corrected chi connectivity index (χ4v) is 2.14. The van der Waals surface area contributed by atoms with Gasteiger partial charge in [-0.25, -0.2) is 4.79 Å². The van der Waals surface area contributed by atoms with Crippen LogP contribution in [0.5, 0.6) is 0 Å². The zero-order valence-corrected chi connectivity index (χ0v) is 16.5. The number of unbranched alkanes of at least 4 members (excludes halogenated alkanes) is 1. The van der Waals surface area contributed by atoms with E-state index in [9.17, 15) is 14.4 Å². The molecule has 0 aliphatic rings. The van der Waals surface area contributed by atoms with Crippen molar-refractivity contribution >= 4 is 29.8 Å². The van der Waals surface area contributed by atoms with Crippen molar-refractivity contribution in [3.05, 3.63) is 0 Å². The summed E-state index contributed by atoms with van der Waals surface area (Å²) in [5.41, 5.74) is -1.10. The topological polar surface area (TPSA) is 81.7 Å². The van der Waals surface area contributed by atoms with Crippen LogP contribution in [-0.4, -0.2) is 34.9 Å². The standard InChI is InChI=1S/C17H31NO5S/c1-16(2,3)22-13(19)11-12(14(20)24)9-7-8-10-18-15(21)23-17(4,5)6/h12H,7-11H2,1-6H3,(H,18,21)(H,20,24)/t12-/m1/s1. The summed E-state index contributed by atoms with van der Waals surface area (Å²) in [4.78, 5) is 34.8. The Morgan fingerprint density at radius 1 is 0.958 bits per heavy atom. The molecule has 0 radical (unpaired) electrons. The van der Waals surface area contributed by atoms with E-state index in [1.54, 1.807) is 41.5 Å². The van der Waals surface area contributed by atoms with Gasteiger partial charge >= 0.3 is 12.1 Å². The van der Waals surface area contributed by atoms with Crippen molar-refractivity contribution in [2.45, 2.75) is 78.4 Å². The van der Waals surface area contributed by atoms with E-state index < -0.39 is 29.2 Å². The van der Waals surface area contributed by atoms with Crippen LogP contribution in [0.2, 0.25) is 0 Å². The molecule has 7 heteroatoms. The molecule has 1 N–H and O–H groups in total. The minimum absolute atomic E-state index is 0.0269. The van der Waals surface area contributed by atoms with Crippen LogP contribution in [0.3, 0.4) is 0 Å². The number of carbonyl (C=O) groups is 3. The Kier molecular flexibility index (Phi) is 9.40. The van der Waals surface area contributed by atoms with Crippen molar-refractivity contribution in [1.82, 2.24) is 5.32 Å². The number of hydrogen-bond donors (Lipinski definition) is 2. The predicted molar refractivity (Wildman–Crippen MR) is 96.0 cm³/mol. The minimum atomic E-state index is -0.571. The minimum Gasteiger partial charge on any atom is -0.460 e. The Labute approximate surface area is 150 Å². The number of hydrogen-bond acceptors (Lipinski definition) is 5. The second-order valence-electron chi connectivity index (χ2n) is 7.75. The average Bonchev–Trinajstić information content (AvgIpc) is 2.32. The average molecular weight is 362 g/mol. The Morgan fingerprint density at radius 2 is 1.50 bits per heavy atom. The van der Waals surface area contributed by atoms with Crippen molar-refractivity contribution in [1.29, 1.82) is 0 Å². The van der Waals surface area contributed by atoms with Crippen LogP contribution < -0.4 is 5.32 Å². The first kappa shape index (κ1) is 22.8. The maximum absolute atomic E-state index is 11.8. The summed E-state index contributed by atoms with van der Waals surface area (Å²) in [5.74, 6) is -0.869. The van der Waals surface area contributed by atoms with Gasteiger partial charge in [0.1, 0.15) is 11.2 Å². The Hall–Kier alpha value is -1.24. The van der Waals surface area contributed by atoms with Crippen LogP contribution >= 0.6 is 12.6 Å². The summed E-state index contributed by atoms with van der Waals surface area (Å²) >= 11 is 3.85. The van der Waals surface area contributed by atoms with Gasteiger partial charge in [0.2, 0.25) is 0 Å². The molecule has 0 aromatic heterocycles. The molecule has 6 nitrogen and oxygen atoms in total. The van der Waals surface area contributed by atoms with E-state index in [1.165, 1.54) is 0 Å². The largest absolute Gasteiger partial charge is 0.460 e. The molecule has 0 fully saturated rings. The van der Waals surface area contributed by atoms with Crippen LogP contribution in [0.1, 0.15) is 67.2 Å². The van der Waals surface area contributed by atoms with Crippen LogP contribution in [0.25, 0.3) is 0 Å². The Balaban J connectivity index is 4.09. The molecule has 0 aromatic rings. The number of carbonyl (C=O) groups excluding carboxylic acids is 3. The molecule has 0 heterocycles. The third-order valence-corrected chi connectivity index (χ3v) is 3.20. The molecule has 0 aromatic carbocycles. The van der Waals surface area contributed by atoms with E-state index in [2.05, 4.69) is 17.9 Å². The van der Waals surface area contributed by atoms with Gasteiger partial charge in [-0.3, -0.25) is 9.59 Å². The van der Waals surface area contributed by atoms with Gasteiger partial charge in [0.05, 0.1) is 6.42 Å². The number of nitrogens with one attached hydrogen (secondary N) is 1. The molecule has 24 heavy (non-hydrogen) atoms. The van der Waals surface area contributed by atoms with Gasteiger partial charge in [-0.2, -0.15) is 0 Å². The van der Waals surface area contributed by atoms with E-state index in [1.807, 2.05) is 0 Å². The van der Waals surface area contributed by atoms with Gasteiger partial charge in [-0.1, -0.05) is 6.42 Å². The third kappa shape index (κ3) is 13.2. The van der Waals surface area contributed by atoms with Crippen molar-refractivity contribution < 1.29 is 23.9 Å². The fraction of sp³-hybridized carbons (Fsp3) is 0.824. The lowest BCUT2D eigenvalue weighted by molar-refractivity contribution is -0.156. The Bertz CT molecular complexity index is 437. The van der Waals surface area contributed by atoms with Gasteiger partial charge in [0, 0.05) is 12.5 Å². The number of esters is 1. The molecule has 0 saturated carbocycles. The lowest BCUT2D eigenvalue weighted by Crippen LogP contribution is -2.33. The smallest absolute Gasteiger partial charge is 0.407 e. The molecule has 0 rings (SSSR count). The van der Waals surface area contributed by atoms with Crippen molar-refractivity contribution in [2.75, 3.05) is 6.54 Å². The number of ether oxygens (including phenoxy) is 2. The fourth-order valence-electron chi connectivity index (χ4n) is 1.92. The summed E-state index contributed by atoms with van der Waals surface area (Å²) in [6.45, 7) is 11.2. The lowest BCUT2D eigenvalue weighted by atomic mass is 9.99. The van der Waals surface area contributed by atoms with Gasteiger partial charge in [0.25, 0.3) is 0 Å². The second kappa shape index (κ2) is 9.91. The summed E-state index contributed by atoms with van der Waals surface area (Å²) in [7, 11) is 0. The molecule has 1 atom stereocenters. The van der Waals surface area contributed by atoms with E-state index in [-0.39, 0.29) is 11.5 Å². The molecule has 0 bridgehead atoms. The number of rotatable bonds is 8. The first-order valence-electron chi connectivity index (χ1n) is 8.21. The van der Waals surface area contributed by atoms with Crippen molar-refractivity contribution in [3.63, 3.8) is 0 Å². The predicted octanol–water partition coefficient (Wildman–Crippen LogP) is 3.49. The maximum Gasteiger partial charge on any atom is 0.407 e. The van der Waals surface area contributed by atoms with Crippen molar-refractivity contribution in [3.8, 4) is 0 Å². The monoisotopic (exact) mass is 361 g/mol. The number of alkyl carbamates (subject to hydrolysis) is 1. The SMILES string of the molecule is CC(C)(C)OC(=O)C[C@@H](CCCCNC(=O)OC(C)(C)C)C(=O)S. The van der Waals surface area contributed by atoms with Crippen molar-refractivity contribution in [2.24, 2.45) is 5.92 Å². The molecular formula is C17H31NO5S. The summed E-state index contributed by atoms with van der Waals surface area (Å²) in [5, 5.41) is 2.34. The van der Waals surface area contributed by atoms with E-state index in [4.69, 9.17) is 9.47 Å². The summed E-state index contributed by atoms with van der Waals surface area (Å²) in [6.07, 6.45) is 1.47. The zero-order chi connectivity index (χ0) is 19.0. The van der Waals surface area contributed by atoms with Gasteiger partial charge in [0.15, 0.2) is 5.12 Å². The van der Waals surface area contributed by atoms with Crippen LogP contribution in [0.15, 0.2) is 0 Å². The van der Waals surface area contributed by atoms with Gasteiger partial charge in [-0.05, 0) is 54.4 Å². The first-order chi connectivity index (χ1) is 10.8. The van der Waals surface area contributed by atoms with E-state index in [0.717, 1.165) is 0 Å².